The summed E-state index contributed by atoms with van der Waals surface area (Å²) >= 11 is 1.41. The van der Waals surface area contributed by atoms with Gasteiger partial charge >= 0.3 is 5.97 Å². The lowest BCUT2D eigenvalue weighted by Crippen LogP contribution is -2.22. The van der Waals surface area contributed by atoms with Crippen molar-refractivity contribution < 1.29 is 14.3 Å². The molecule has 1 amide bonds. The van der Waals surface area contributed by atoms with Gasteiger partial charge in [0.25, 0.3) is 0 Å². The maximum Gasteiger partial charge on any atom is 0.341 e. The number of anilines is 2. The Balaban J connectivity index is 2.01. The van der Waals surface area contributed by atoms with Gasteiger partial charge in [-0.05, 0) is 38.5 Å². The Hall–Kier alpha value is -2.34. The van der Waals surface area contributed by atoms with Crippen molar-refractivity contribution in [3.63, 3.8) is 0 Å². The summed E-state index contributed by atoms with van der Waals surface area (Å²) in [5.74, 6) is -0.610. The summed E-state index contributed by atoms with van der Waals surface area (Å²) < 4.78 is 5.05. The van der Waals surface area contributed by atoms with Crippen LogP contribution in [-0.4, -0.2) is 25.0 Å². The highest BCUT2D eigenvalue weighted by molar-refractivity contribution is 7.16. The fourth-order valence-electron chi connectivity index (χ4n) is 2.09. The first-order chi connectivity index (χ1) is 11.5. The van der Waals surface area contributed by atoms with Crippen LogP contribution < -0.4 is 10.6 Å². The molecule has 0 spiro atoms. The van der Waals surface area contributed by atoms with Gasteiger partial charge in [-0.1, -0.05) is 24.6 Å². The number of hydrogen-bond acceptors (Lipinski definition) is 5. The first kappa shape index (κ1) is 18.0. The zero-order valence-electron chi connectivity index (χ0n) is 14.1. The number of aryl methyl sites for hydroxylation is 2. The van der Waals surface area contributed by atoms with E-state index in [0.717, 1.165) is 22.5 Å². The van der Waals surface area contributed by atoms with Crippen LogP contribution in [0.4, 0.5) is 10.7 Å². The molecule has 2 aromatic rings. The summed E-state index contributed by atoms with van der Waals surface area (Å²) in [4.78, 5) is 25.2. The molecule has 6 heteroatoms. The van der Waals surface area contributed by atoms with Crippen molar-refractivity contribution in [2.24, 2.45) is 0 Å². The molecule has 2 rings (SSSR count). The molecule has 1 aromatic carbocycles. The smallest absolute Gasteiger partial charge is 0.341 e. The minimum absolute atomic E-state index is 0.130. The molecule has 0 saturated carbocycles. The number of amides is 1. The molecule has 0 bridgehead atoms. The predicted molar refractivity (Wildman–Crippen MR) is 98.0 cm³/mol. The largest absolute Gasteiger partial charge is 0.462 e. The maximum atomic E-state index is 12.2. The van der Waals surface area contributed by atoms with Crippen LogP contribution in [0.15, 0.2) is 30.3 Å². The minimum atomic E-state index is -0.407. The summed E-state index contributed by atoms with van der Waals surface area (Å²) in [7, 11) is 0. The van der Waals surface area contributed by atoms with Crippen LogP contribution in [0.1, 0.15) is 34.6 Å². The number of carbonyl (C=O) groups is 2. The Morgan fingerprint density at radius 1 is 1.17 bits per heavy atom. The van der Waals surface area contributed by atoms with Crippen molar-refractivity contribution in [2.75, 3.05) is 23.8 Å². The van der Waals surface area contributed by atoms with E-state index in [4.69, 9.17) is 4.74 Å². The van der Waals surface area contributed by atoms with E-state index in [1.165, 1.54) is 11.3 Å². The number of hydrogen-bond donors (Lipinski definition) is 2. The predicted octanol–water partition coefficient (Wildman–Crippen LogP) is 3.85. The third-order valence-electron chi connectivity index (χ3n) is 3.38. The van der Waals surface area contributed by atoms with E-state index in [1.54, 1.807) is 13.0 Å². The van der Waals surface area contributed by atoms with Crippen molar-refractivity contribution in [3.8, 4) is 0 Å². The second-order valence-corrected chi connectivity index (χ2v) is 6.43. The van der Waals surface area contributed by atoms with Gasteiger partial charge in [0.2, 0.25) is 5.91 Å². The monoisotopic (exact) mass is 346 g/mol. The average molecular weight is 346 g/mol. The maximum absolute atomic E-state index is 12.2. The lowest BCUT2D eigenvalue weighted by atomic mass is 10.2. The first-order valence-corrected chi connectivity index (χ1v) is 8.75. The summed E-state index contributed by atoms with van der Waals surface area (Å²) in [5, 5.41) is 6.41. The van der Waals surface area contributed by atoms with Crippen molar-refractivity contribution in [3.05, 3.63) is 46.3 Å². The van der Waals surface area contributed by atoms with E-state index < -0.39 is 5.97 Å². The number of carbonyl (C=O) groups excluding carboxylic acids is 2. The quantitative estimate of drug-likeness (QED) is 0.747. The molecule has 0 aliphatic heterocycles. The lowest BCUT2D eigenvalue weighted by Gasteiger charge is -2.08. The first-order valence-electron chi connectivity index (χ1n) is 7.93. The molecule has 1 aromatic heterocycles. The van der Waals surface area contributed by atoms with Gasteiger partial charge in [-0.15, -0.1) is 11.3 Å². The van der Waals surface area contributed by atoms with Gasteiger partial charge in [0.05, 0.1) is 18.7 Å². The Morgan fingerprint density at radius 3 is 2.50 bits per heavy atom. The summed E-state index contributed by atoms with van der Waals surface area (Å²) in [6.45, 7) is 6.21. The molecule has 5 nitrogen and oxygen atoms in total. The summed E-state index contributed by atoms with van der Waals surface area (Å²) in [5.41, 5.74) is 2.46. The molecule has 0 saturated heterocycles. The molecule has 24 heavy (non-hydrogen) atoms. The summed E-state index contributed by atoms with van der Waals surface area (Å²) in [6.07, 6.45) is 0.800. The molecule has 0 fully saturated rings. The van der Waals surface area contributed by atoms with Gasteiger partial charge in [0.1, 0.15) is 5.00 Å². The van der Waals surface area contributed by atoms with Crippen LogP contribution >= 0.6 is 11.3 Å². The number of esters is 1. The Kier molecular flexibility index (Phi) is 6.37. The van der Waals surface area contributed by atoms with Crippen LogP contribution in [0.2, 0.25) is 0 Å². The zero-order chi connectivity index (χ0) is 17.5. The molecule has 1 heterocycles. The van der Waals surface area contributed by atoms with E-state index in [0.29, 0.717) is 17.2 Å². The van der Waals surface area contributed by atoms with Gasteiger partial charge in [0, 0.05) is 10.6 Å². The molecule has 0 aliphatic carbocycles. The van der Waals surface area contributed by atoms with Crippen molar-refractivity contribution in [2.45, 2.75) is 27.2 Å². The highest BCUT2D eigenvalue weighted by Gasteiger charge is 2.18. The Labute approximate surface area is 146 Å². The van der Waals surface area contributed by atoms with Crippen molar-refractivity contribution in [1.82, 2.24) is 0 Å². The number of benzene rings is 1. The van der Waals surface area contributed by atoms with E-state index in [1.807, 2.05) is 38.1 Å². The van der Waals surface area contributed by atoms with E-state index >= 15 is 0 Å². The summed E-state index contributed by atoms with van der Waals surface area (Å²) in [6, 6.07) is 9.59. The number of rotatable bonds is 7. The van der Waals surface area contributed by atoms with Crippen LogP contribution in [0.25, 0.3) is 0 Å². The Morgan fingerprint density at radius 2 is 1.88 bits per heavy atom. The molecule has 0 aliphatic rings. The standard InChI is InChI=1S/C18H22N2O3S/c1-4-14-10-15(18(22)23-5-2)17(24-14)20-16(21)11-19-13-8-6-12(3)7-9-13/h6-10,19H,4-5,11H2,1-3H3,(H,20,21). The normalized spacial score (nSPS) is 10.3. The van der Waals surface area contributed by atoms with Crippen LogP contribution in [0, 0.1) is 6.92 Å². The second kappa shape index (κ2) is 8.49. The Bertz CT molecular complexity index is 708. The van der Waals surface area contributed by atoms with Gasteiger partial charge in [-0.3, -0.25) is 4.79 Å². The molecule has 0 radical (unpaired) electrons. The van der Waals surface area contributed by atoms with Crippen LogP contribution in [0.3, 0.4) is 0 Å². The van der Waals surface area contributed by atoms with Crippen LogP contribution in [0.5, 0.6) is 0 Å². The fourth-order valence-corrected chi connectivity index (χ4v) is 3.09. The van der Waals surface area contributed by atoms with E-state index in [-0.39, 0.29) is 12.5 Å². The van der Waals surface area contributed by atoms with Crippen LogP contribution in [-0.2, 0) is 16.0 Å². The number of thiophene rings is 1. The third-order valence-corrected chi connectivity index (χ3v) is 4.58. The highest BCUT2D eigenvalue weighted by Crippen LogP contribution is 2.29. The molecule has 2 N–H and O–H groups in total. The van der Waals surface area contributed by atoms with Gasteiger partial charge in [-0.2, -0.15) is 0 Å². The lowest BCUT2D eigenvalue weighted by molar-refractivity contribution is -0.114. The fraction of sp³-hybridized carbons (Fsp3) is 0.333. The molecule has 0 atom stereocenters. The number of ether oxygens (including phenoxy) is 1. The van der Waals surface area contributed by atoms with Crippen molar-refractivity contribution in [1.29, 1.82) is 0 Å². The zero-order valence-corrected chi connectivity index (χ0v) is 15.0. The van der Waals surface area contributed by atoms with E-state index in [2.05, 4.69) is 10.6 Å². The third kappa shape index (κ3) is 4.83. The number of nitrogens with one attached hydrogen (secondary N) is 2. The van der Waals surface area contributed by atoms with E-state index in [9.17, 15) is 9.59 Å². The average Bonchev–Trinajstić information content (AvgIpc) is 2.97. The highest BCUT2D eigenvalue weighted by atomic mass is 32.1. The topological polar surface area (TPSA) is 67.4 Å². The van der Waals surface area contributed by atoms with Crippen molar-refractivity contribution >= 4 is 33.9 Å². The SMILES string of the molecule is CCOC(=O)c1cc(CC)sc1NC(=O)CNc1ccc(C)cc1. The molecular formula is C18H22N2O3S. The van der Waals surface area contributed by atoms with Gasteiger partial charge < -0.3 is 15.4 Å². The van der Waals surface area contributed by atoms with Gasteiger partial charge in [-0.25, -0.2) is 4.79 Å². The molecule has 0 unspecified atom stereocenters. The minimum Gasteiger partial charge on any atom is -0.462 e. The second-order valence-electron chi connectivity index (χ2n) is 5.30. The van der Waals surface area contributed by atoms with Gasteiger partial charge in [0.15, 0.2) is 0 Å². The molecule has 128 valence electrons. The molecular weight excluding hydrogens is 324 g/mol.